The molecule has 0 amide bonds. The molecule has 2 aromatic heterocycles. The van der Waals surface area contributed by atoms with Gasteiger partial charge in [0.2, 0.25) is 0 Å². The lowest BCUT2D eigenvalue weighted by atomic mass is 10.2. The zero-order valence-corrected chi connectivity index (χ0v) is 11.4. The zero-order valence-electron chi connectivity index (χ0n) is 10.6. The van der Waals surface area contributed by atoms with Gasteiger partial charge in [-0.1, -0.05) is 12.1 Å². The van der Waals surface area contributed by atoms with E-state index in [-0.39, 0.29) is 0 Å². The van der Waals surface area contributed by atoms with E-state index >= 15 is 0 Å². The van der Waals surface area contributed by atoms with Gasteiger partial charge in [-0.2, -0.15) is 5.10 Å². The first-order valence-corrected chi connectivity index (χ1v) is 6.95. The number of anilines is 1. The van der Waals surface area contributed by atoms with Crippen molar-refractivity contribution in [2.75, 3.05) is 5.32 Å². The van der Waals surface area contributed by atoms with Crippen molar-refractivity contribution in [3.8, 4) is 5.69 Å². The smallest absolute Gasteiger partial charge is 0.0898 e. The molecular formula is C14H14N4S. The minimum absolute atomic E-state index is 0.725. The van der Waals surface area contributed by atoms with Crippen LogP contribution in [0.4, 0.5) is 5.69 Å². The molecule has 0 spiro atoms. The lowest BCUT2D eigenvalue weighted by Crippen LogP contribution is -2.05. The van der Waals surface area contributed by atoms with E-state index in [4.69, 9.17) is 0 Å². The molecule has 2 heterocycles. The summed E-state index contributed by atoms with van der Waals surface area (Å²) in [6.45, 7) is 2.74. The van der Waals surface area contributed by atoms with E-state index in [9.17, 15) is 0 Å². The number of rotatable bonds is 4. The Hall–Kier alpha value is -2.14. The third-order valence-corrected chi connectivity index (χ3v) is 3.60. The quantitative estimate of drug-likeness (QED) is 0.791. The molecule has 0 saturated heterocycles. The van der Waals surface area contributed by atoms with Gasteiger partial charge >= 0.3 is 0 Å². The summed E-state index contributed by atoms with van der Waals surface area (Å²) < 4.78 is 1.86. The van der Waals surface area contributed by atoms with E-state index in [2.05, 4.69) is 26.8 Å². The molecule has 19 heavy (non-hydrogen) atoms. The SMILES string of the molecule is Cc1nc(CNc2ccccc2-n2cccn2)cs1. The van der Waals surface area contributed by atoms with Crippen LogP contribution in [0.15, 0.2) is 48.1 Å². The van der Waals surface area contributed by atoms with Crippen LogP contribution in [0, 0.1) is 6.92 Å². The van der Waals surface area contributed by atoms with Crippen LogP contribution >= 0.6 is 11.3 Å². The Labute approximate surface area is 115 Å². The van der Waals surface area contributed by atoms with Gasteiger partial charge in [-0.3, -0.25) is 0 Å². The Kier molecular flexibility index (Phi) is 3.29. The van der Waals surface area contributed by atoms with E-state index < -0.39 is 0 Å². The van der Waals surface area contributed by atoms with Crippen LogP contribution in [0.3, 0.4) is 0 Å². The number of hydrogen-bond donors (Lipinski definition) is 1. The molecule has 0 aliphatic heterocycles. The number of thiazole rings is 1. The van der Waals surface area contributed by atoms with Crippen molar-refractivity contribution < 1.29 is 0 Å². The molecule has 1 aromatic carbocycles. The number of hydrogen-bond acceptors (Lipinski definition) is 4. The van der Waals surface area contributed by atoms with Crippen molar-refractivity contribution in [1.29, 1.82) is 0 Å². The Bertz CT molecular complexity index is 658. The van der Waals surface area contributed by atoms with Crippen molar-refractivity contribution in [1.82, 2.24) is 14.8 Å². The summed E-state index contributed by atoms with van der Waals surface area (Å²) in [5.74, 6) is 0. The standard InChI is InChI=1S/C14H14N4S/c1-11-17-12(10-19-11)9-15-13-5-2-3-6-14(13)18-8-4-7-16-18/h2-8,10,15H,9H2,1H3. The van der Waals surface area contributed by atoms with Gasteiger partial charge in [-0.05, 0) is 25.1 Å². The van der Waals surface area contributed by atoms with Gasteiger partial charge in [0.15, 0.2) is 0 Å². The summed E-state index contributed by atoms with van der Waals surface area (Å²) in [5, 5.41) is 10.9. The van der Waals surface area contributed by atoms with Crippen LogP contribution in [0.25, 0.3) is 5.69 Å². The summed E-state index contributed by atoms with van der Waals surface area (Å²) in [4.78, 5) is 4.45. The van der Waals surface area contributed by atoms with Gasteiger partial charge in [0.05, 0.1) is 28.6 Å². The molecular weight excluding hydrogens is 256 g/mol. The van der Waals surface area contributed by atoms with E-state index in [1.165, 1.54) is 0 Å². The molecule has 5 heteroatoms. The van der Waals surface area contributed by atoms with Gasteiger partial charge in [-0.15, -0.1) is 11.3 Å². The van der Waals surface area contributed by atoms with Gasteiger partial charge < -0.3 is 5.32 Å². The maximum absolute atomic E-state index is 4.45. The molecule has 0 saturated carbocycles. The van der Waals surface area contributed by atoms with Crippen molar-refractivity contribution >= 4 is 17.0 Å². The van der Waals surface area contributed by atoms with Crippen LogP contribution in [0.2, 0.25) is 0 Å². The number of nitrogens with one attached hydrogen (secondary N) is 1. The molecule has 0 fully saturated rings. The largest absolute Gasteiger partial charge is 0.378 e. The van der Waals surface area contributed by atoms with Crippen LogP contribution in [0.5, 0.6) is 0 Å². The van der Waals surface area contributed by atoms with Gasteiger partial charge in [0, 0.05) is 17.8 Å². The molecule has 0 aliphatic carbocycles. The molecule has 0 atom stereocenters. The lowest BCUT2D eigenvalue weighted by Gasteiger charge is -2.10. The number of para-hydroxylation sites is 2. The minimum atomic E-state index is 0.725. The Morgan fingerprint density at radius 1 is 1.26 bits per heavy atom. The van der Waals surface area contributed by atoms with E-state index in [0.29, 0.717) is 0 Å². The van der Waals surface area contributed by atoms with Crippen LogP contribution in [-0.4, -0.2) is 14.8 Å². The summed E-state index contributed by atoms with van der Waals surface area (Å²) in [6, 6.07) is 10.0. The third-order valence-electron chi connectivity index (χ3n) is 2.78. The first kappa shape index (κ1) is 11.9. The fourth-order valence-corrected chi connectivity index (χ4v) is 2.52. The number of nitrogens with zero attached hydrogens (tertiary/aromatic N) is 3. The Morgan fingerprint density at radius 3 is 2.89 bits per heavy atom. The molecule has 4 nitrogen and oxygen atoms in total. The molecule has 0 unspecified atom stereocenters. The fraction of sp³-hybridized carbons (Fsp3) is 0.143. The van der Waals surface area contributed by atoms with Gasteiger partial charge in [-0.25, -0.2) is 9.67 Å². The molecule has 0 bridgehead atoms. The normalized spacial score (nSPS) is 10.6. The maximum atomic E-state index is 4.45. The lowest BCUT2D eigenvalue weighted by molar-refractivity contribution is 0.878. The predicted octanol–water partition coefficient (Wildman–Crippen LogP) is 3.25. The van der Waals surface area contributed by atoms with Gasteiger partial charge in [0.1, 0.15) is 0 Å². The fourth-order valence-electron chi connectivity index (χ4n) is 1.91. The first-order chi connectivity index (χ1) is 9.33. The number of benzene rings is 1. The molecule has 96 valence electrons. The number of aryl methyl sites for hydroxylation is 1. The average Bonchev–Trinajstić information content (AvgIpc) is 3.08. The summed E-state index contributed by atoms with van der Waals surface area (Å²) in [7, 11) is 0. The second kappa shape index (κ2) is 5.24. The molecule has 3 aromatic rings. The monoisotopic (exact) mass is 270 g/mol. The van der Waals surface area contributed by atoms with Crippen LogP contribution in [-0.2, 0) is 6.54 Å². The summed E-state index contributed by atoms with van der Waals surface area (Å²) >= 11 is 1.67. The highest BCUT2D eigenvalue weighted by Crippen LogP contribution is 2.20. The highest BCUT2D eigenvalue weighted by molar-refractivity contribution is 7.09. The van der Waals surface area contributed by atoms with Crippen molar-refractivity contribution in [2.24, 2.45) is 0 Å². The second-order valence-corrected chi connectivity index (χ2v) is 5.24. The van der Waals surface area contributed by atoms with Crippen molar-refractivity contribution in [3.63, 3.8) is 0 Å². The average molecular weight is 270 g/mol. The maximum Gasteiger partial charge on any atom is 0.0898 e. The topological polar surface area (TPSA) is 42.7 Å². The number of aromatic nitrogens is 3. The highest BCUT2D eigenvalue weighted by atomic mass is 32.1. The summed E-state index contributed by atoms with van der Waals surface area (Å²) in [5.41, 5.74) is 3.16. The van der Waals surface area contributed by atoms with Crippen LogP contribution < -0.4 is 5.32 Å². The summed E-state index contributed by atoms with van der Waals surface area (Å²) in [6.07, 6.45) is 3.72. The van der Waals surface area contributed by atoms with Gasteiger partial charge in [0.25, 0.3) is 0 Å². The molecule has 1 N–H and O–H groups in total. The Morgan fingerprint density at radius 2 is 2.16 bits per heavy atom. The third kappa shape index (κ3) is 2.66. The van der Waals surface area contributed by atoms with E-state index in [0.717, 1.165) is 28.6 Å². The van der Waals surface area contributed by atoms with Crippen molar-refractivity contribution in [2.45, 2.75) is 13.5 Å². The van der Waals surface area contributed by atoms with E-state index in [1.807, 2.05) is 42.1 Å². The highest BCUT2D eigenvalue weighted by Gasteiger charge is 2.04. The van der Waals surface area contributed by atoms with Crippen molar-refractivity contribution in [3.05, 3.63) is 58.8 Å². The van der Waals surface area contributed by atoms with Crippen LogP contribution in [0.1, 0.15) is 10.7 Å². The second-order valence-electron chi connectivity index (χ2n) is 4.18. The Balaban J connectivity index is 1.81. The minimum Gasteiger partial charge on any atom is -0.378 e. The molecule has 0 aliphatic rings. The van der Waals surface area contributed by atoms with E-state index in [1.54, 1.807) is 17.5 Å². The molecule has 3 rings (SSSR count). The predicted molar refractivity (Wildman–Crippen MR) is 77.7 cm³/mol. The first-order valence-electron chi connectivity index (χ1n) is 6.07. The zero-order chi connectivity index (χ0) is 13.1. The molecule has 0 radical (unpaired) electrons.